The molecule has 1 amide bonds. The maximum absolute atomic E-state index is 11.8. The van der Waals surface area contributed by atoms with Crippen LogP contribution in [0.3, 0.4) is 0 Å². The first kappa shape index (κ1) is 18.3. The van der Waals surface area contributed by atoms with Gasteiger partial charge in [-0.05, 0) is 26.0 Å². The fourth-order valence-electron chi connectivity index (χ4n) is 1.85. The molecule has 0 unspecified atom stereocenters. The summed E-state index contributed by atoms with van der Waals surface area (Å²) in [5.74, 6) is -0.517. The average molecular weight is 361 g/mol. The first-order valence-corrected chi connectivity index (χ1v) is 8.08. The summed E-state index contributed by atoms with van der Waals surface area (Å²) in [4.78, 5) is 30.3. The van der Waals surface area contributed by atoms with Gasteiger partial charge in [0.25, 0.3) is 11.6 Å². The van der Waals surface area contributed by atoms with E-state index in [0.29, 0.717) is 5.16 Å². The van der Waals surface area contributed by atoms with Crippen molar-refractivity contribution >= 4 is 29.6 Å². The van der Waals surface area contributed by atoms with Crippen LogP contribution in [0.4, 0.5) is 5.69 Å². The summed E-state index contributed by atoms with van der Waals surface area (Å²) >= 11 is 1.17. The number of nitrogens with one attached hydrogen (secondary N) is 1. The zero-order valence-electron chi connectivity index (χ0n) is 13.5. The van der Waals surface area contributed by atoms with E-state index in [4.69, 9.17) is 0 Å². The van der Waals surface area contributed by atoms with Gasteiger partial charge in [-0.25, -0.2) is 15.4 Å². The van der Waals surface area contributed by atoms with Crippen molar-refractivity contribution < 1.29 is 14.8 Å². The molecule has 1 heterocycles. The molecule has 1 aromatic heterocycles. The number of non-ortho nitro benzene ring substituents is 1. The highest BCUT2D eigenvalue weighted by Crippen LogP contribution is 2.21. The number of carbonyl (C=O) groups is 1. The molecule has 0 radical (unpaired) electrons. The zero-order chi connectivity index (χ0) is 18.4. The summed E-state index contributed by atoms with van der Waals surface area (Å²) in [6, 6.07) is 5.35. The van der Waals surface area contributed by atoms with Crippen molar-refractivity contribution in [1.29, 1.82) is 0 Å². The quantitative estimate of drug-likeness (QED) is 0.264. The number of amides is 1. The van der Waals surface area contributed by atoms with Crippen LogP contribution in [0.15, 0.2) is 34.5 Å². The van der Waals surface area contributed by atoms with Gasteiger partial charge in [0, 0.05) is 29.1 Å². The number of aryl methyl sites for hydroxylation is 2. The largest absolute Gasteiger partial charge is 0.507 e. The maximum Gasteiger partial charge on any atom is 0.270 e. The van der Waals surface area contributed by atoms with E-state index in [2.05, 4.69) is 20.5 Å². The van der Waals surface area contributed by atoms with Gasteiger partial charge in [-0.1, -0.05) is 11.8 Å². The van der Waals surface area contributed by atoms with Gasteiger partial charge in [-0.15, -0.1) is 0 Å². The molecule has 2 aromatic rings. The Bertz CT molecular complexity index is 820. The number of hydrazone groups is 1. The number of nitro groups is 1. The van der Waals surface area contributed by atoms with Crippen LogP contribution in [0.25, 0.3) is 0 Å². The smallest absolute Gasteiger partial charge is 0.270 e. The highest BCUT2D eigenvalue weighted by Gasteiger charge is 2.09. The average Bonchev–Trinajstić information content (AvgIpc) is 2.53. The van der Waals surface area contributed by atoms with Crippen LogP contribution < -0.4 is 5.43 Å². The van der Waals surface area contributed by atoms with Gasteiger partial charge in [0.15, 0.2) is 5.16 Å². The van der Waals surface area contributed by atoms with Crippen molar-refractivity contribution in [1.82, 2.24) is 15.4 Å². The summed E-state index contributed by atoms with van der Waals surface area (Å²) < 4.78 is 0. The molecule has 0 atom stereocenters. The third-order valence-corrected chi connectivity index (χ3v) is 3.76. The van der Waals surface area contributed by atoms with Gasteiger partial charge < -0.3 is 5.11 Å². The van der Waals surface area contributed by atoms with Crippen molar-refractivity contribution in [2.24, 2.45) is 5.10 Å². The van der Waals surface area contributed by atoms with Crippen molar-refractivity contribution in [3.05, 3.63) is 51.3 Å². The van der Waals surface area contributed by atoms with Crippen LogP contribution >= 0.6 is 11.8 Å². The summed E-state index contributed by atoms with van der Waals surface area (Å²) in [6.07, 6.45) is 1.14. The molecule has 0 saturated heterocycles. The number of aromatic nitrogens is 2. The lowest BCUT2D eigenvalue weighted by molar-refractivity contribution is -0.384. The molecule has 25 heavy (non-hydrogen) atoms. The fraction of sp³-hybridized carbons (Fsp3) is 0.200. The van der Waals surface area contributed by atoms with Crippen LogP contribution in [0.5, 0.6) is 5.75 Å². The lowest BCUT2D eigenvalue weighted by Gasteiger charge is -2.02. The topological polar surface area (TPSA) is 131 Å². The molecule has 0 fully saturated rings. The Morgan fingerprint density at radius 3 is 2.68 bits per heavy atom. The third-order valence-electron chi connectivity index (χ3n) is 2.91. The normalized spacial score (nSPS) is 10.8. The summed E-state index contributed by atoms with van der Waals surface area (Å²) in [6.45, 7) is 3.68. The predicted octanol–water partition coefficient (Wildman–Crippen LogP) is 1.95. The minimum atomic E-state index is -0.587. The van der Waals surface area contributed by atoms with Gasteiger partial charge in [0.05, 0.1) is 16.9 Å². The minimum absolute atomic E-state index is 0.0567. The summed E-state index contributed by atoms with van der Waals surface area (Å²) in [7, 11) is 0. The molecule has 0 aliphatic carbocycles. The van der Waals surface area contributed by atoms with Crippen LogP contribution in [0.2, 0.25) is 0 Å². The standard InChI is InChI=1S/C15H15N5O4S/c1-9-5-10(2)18-15(17-9)25-8-14(22)19-16-7-11-6-12(20(23)24)3-4-13(11)21/h3-7,21H,8H2,1-2H3,(H,19,22)/b16-7-. The SMILES string of the molecule is Cc1cc(C)nc(SCC(=O)N/N=C\c2cc([N+](=O)[O-])ccc2O)n1. The van der Waals surface area contributed by atoms with Crippen LogP contribution in [0, 0.1) is 24.0 Å². The van der Waals surface area contributed by atoms with Crippen molar-refractivity contribution in [2.45, 2.75) is 19.0 Å². The van der Waals surface area contributed by atoms with E-state index in [-0.39, 0.29) is 22.8 Å². The van der Waals surface area contributed by atoms with E-state index < -0.39 is 10.8 Å². The highest BCUT2D eigenvalue weighted by molar-refractivity contribution is 7.99. The molecule has 0 spiro atoms. The summed E-state index contributed by atoms with van der Waals surface area (Å²) in [5.41, 5.74) is 3.85. The number of hydrogen-bond acceptors (Lipinski definition) is 8. The van der Waals surface area contributed by atoms with Crippen LogP contribution in [-0.4, -0.2) is 37.9 Å². The molecule has 0 saturated carbocycles. The molecular weight excluding hydrogens is 346 g/mol. The number of nitro benzene ring substituents is 1. The monoisotopic (exact) mass is 361 g/mol. The van der Waals surface area contributed by atoms with Gasteiger partial charge >= 0.3 is 0 Å². The Balaban J connectivity index is 1.92. The molecule has 130 valence electrons. The van der Waals surface area contributed by atoms with E-state index in [0.717, 1.165) is 23.7 Å². The maximum atomic E-state index is 11.8. The molecule has 2 rings (SSSR count). The molecule has 10 heteroatoms. The number of benzene rings is 1. The number of nitrogens with zero attached hydrogens (tertiary/aromatic N) is 4. The Kier molecular flexibility index (Phi) is 6.01. The molecular formula is C15H15N5O4S. The molecule has 9 nitrogen and oxygen atoms in total. The molecule has 2 N–H and O–H groups in total. The van der Waals surface area contributed by atoms with Crippen LogP contribution in [0.1, 0.15) is 17.0 Å². The molecule has 0 aliphatic heterocycles. The number of hydrogen-bond donors (Lipinski definition) is 2. The van der Waals surface area contributed by atoms with E-state index in [9.17, 15) is 20.0 Å². The number of carbonyl (C=O) groups excluding carboxylic acids is 1. The number of rotatable bonds is 6. The van der Waals surface area contributed by atoms with Gasteiger partial charge in [-0.2, -0.15) is 5.10 Å². The highest BCUT2D eigenvalue weighted by atomic mass is 32.2. The Morgan fingerprint density at radius 2 is 2.04 bits per heavy atom. The number of thioether (sulfide) groups is 1. The lowest BCUT2D eigenvalue weighted by atomic mass is 10.2. The molecule has 0 bridgehead atoms. The summed E-state index contributed by atoms with van der Waals surface area (Å²) in [5, 5.41) is 24.5. The Labute approximate surface area is 147 Å². The third kappa shape index (κ3) is 5.53. The molecule has 0 aliphatic rings. The van der Waals surface area contributed by atoms with Gasteiger partial charge in [-0.3, -0.25) is 14.9 Å². The first-order valence-electron chi connectivity index (χ1n) is 7.09. The first-order chi connectivity index (χ1) is 11.8. The van der Waals surface area contributed by atoms with E-state index in [1.165, 1.54) is 23.9 Å². The number of phenols is 1. The number of phenolic OH excluding ortho intramolecular Hbond substituents is 1. The lowest BCUT2D eigenvalue weighted by Crippen LogP contribution is -2.19. The zero-order valence-corrected chi connectivity index (χ0v) is 14.3. The second kappa shape index (κ2) is 8.20. The Hall–Kier alpha value is -3.01. The van der Waals surface area contributed by atoms with E-state index in [1.54, 1.807) is 0 Å². The molecule has 1 aromatic carbocycles. The number of aromatic hydroxyl groups is 1. The van der Waals surface area contributed by atoms with Crippen molar-refractivity contribution in [3.8, 4) is 5.75 Å². The second-order valence-electron chi connectivity index (χ2n) is 5.02. The van der Waals surface area contributed by atoms with Gasteiger partial charge in [0.1, 0.15) is 5.75 Å². The minimum Gasteiger partial charge on any atom is -0.507 e. The fourth-order valence-corrected chi connectivity index (χ4v) is 2.60. The van der Waals surface area contributed by atoms with Gasteiger partial charge in [0.2, 0.25) is 0 Å². The second-order valence-corrected chi connectivity index (χ2v) is 5.96. The predicted molar refractivity (Wildman–Crippen MR) is 92.7 cm³/mol. The van der Waals surface area contributed by atoms with E-state index in [1.807, 2.05) is 19.9 Å². The van der Waals surface area contributed by atoms with Crippen molar-refractivity contribution in [2.75, 3.05) is 5.75 Å². The Morgan fingerprint density at radius 1 is 1.36 bits per heavy atom. The van der Waals surface area contributed by atoms with Crippen LogP contribution in [-0.2, 0) is 4.79 Å². The van der Waals surface area contributed by atoms with Crippen molar-refractivity contribution in [3.63, 3.8) is 0 Å². The van der Waals surface area contributed by atoms with E-state index >= 15 is 0 Å².